The zero-order valence-electron chi connectivity index (χ0n) is 6.56. The number of thiol groups is 1. The molecule has 0 spiro atoms. The summed E-state index contributed by atoms with van der Waals surface area (Å²) in [6, 6.07) is 0. The summed E-state index contributed by atoms with van der Waals surface area (Å²) in [4.78, 5) is 0. The van der Waals surface area contributed by atoms with Crippen LogP contribution in [0.4, 0.5) is 13.2 Å². The van der Waals surface area contributed by atoms with Crippen molar-refractivity contribution in [2.45, 2.75) is 18.7 Å². The summed E-state index contributed by atoms with van der Waals surface area (Å²) in [6.45, 7) is 1.25. The smallest absolute Gasteiger partial charge is 0.363 e. The average molecular weight is 201 g/mol. The van der Waals surface area contributed by atoms with Crippen molar-refractivity contribution in [1.82, 2.24) is 4.31 Å². The minimum absolute atomic E-state index is 0.0706. The lowest BCUT2D eigenvalue weighted by Gasteiger charge is -2.47. The van der Waals surface area contributed by atoms with Crippen molar-refractivity contribution in [2.24, 2.45) is 0 Å². The molecular weight excluding hydrogens is 191 g/mol. The number of alkyl halides is 3. The molecule has 0 saturated carbocycles. The molecule has 2 nitrogen and oxygen atoms in total. The van der Waals surface area contributed by atoms with Crippen LogP contribution in [-0.2, 0) is 4.74 Å². The number of hydrogen-bond acceptors (Lipinski definition) is 3. The van der Waals surface area contributed by atoms with Crippen molar-refractivity contribution in [1.29, 1.82) is 0 Å². The lowest BCUT2D eigenvalue weighted by molar-refractivity contribution is -0.305. The Morgan fingerprint density at radius 1 is 1.50 bits per heavy atom. The fourth-order valence-corrected chi connectivity index (χ4v) is 1.63. The summed E-state index contributed by atoms with van der Waals surface area (Å²) in [6.07, 6.45) is -4.29. The molecule has 1 aliphatic rings. The third kappa shape index (κ3) is 1.55. The Morgan fingerprint density at radius 3 is 2.25 bits per heavy atom. The zero-order chi connectivity index (χ0) is 9.41. The van der Waals surface area contributed by atoms with Crippen molar-refractivity contribution in [2.75, 3.05) is 19.7 Å². The molecule has 0 radical (unpaired) electrons. The molecule has 12 heavy (non-hydrogen) atoms. The van der Waals surface area contributed by atoms with Crippen LogP contribution in [0.5, 0.6) is 0 Å². The van der Waals surface area contributed by atoms with E-state index in [0.717, 1.165) is 0 Å². The van der Waals surface area contributed by atoms with Crippen LogP contribution in [0.25, 0.3) is 0 Å². The molecule has 6 heteroatoms. The van der Waals surface area contributed by atoms with Crippen molar-refractivity contribution in [3.05, 3.63) is 0 Å². The van der Waals surface area contributed by atoms with Crippen LogP contribution in [-0.4, -0.2) is 35.8 Å². The van der Waals surface area contributed by atoms with E-state index in [1.807, 2.05) is 0 Å². The summed E-state index contributed by atoms with van der Waals surface area (Å²) in [5, 5.41) is 0. The van der Waals surface area contributed by atoms with Crippen LogP contribution in [0.15, 0.2) is 0 Å². The first-order chi connectivity index (χ1) is 5.41. The van der Waals surface area contributed by atoms with E-state index in [4.69, 9.17) is 0 Å². The highest BCUT2D eigenvalue weighted by Crippen LogP contribution is 2.41. The summed E-state index contributed by atoms with van der Waals surface area (Å²) in [5.74, 6) is 0. The molecule has 0 atom stereocenters. The van der Waals surface area contributed by atoms with Crippen LogP contribution in [0.3, 0.4) is 0 Å². The standard InChI is InChI=1S/C6H10F3NOS/c1-2-11-5(6(7,8)9)3-10(12)4-5/h12H,2-4H2,1H3. The zero-order valence-corrected chi connectivity index (χ0v) is 7.45. The summed E-state index contributed by atoms with van der Waals surface area (Å²) < 4.78 is 43.0. The summed E-state index contributed by atoms with van der Waals surface area (Å²) >= 11 is 3.78. The minimum Gasteiger partial charge on any atom is -0.363 e. The highest BCUT2D eigenvalue weighted by atomic mass is 32.1. The number of rotatable bonds is 2. The van der Waals surface area contributed by atoms with E-state index >= 15 is 0 Å². The number of ether oxygens (including phenoxy) is 1. The van der Waals surface area contributed by atoms with Gasteiger partial charge < -0.3 is 4.74 Å². The molecule has 0 unspecified atom stereocenters. The normalized spacial score (nSPS) is 23.8. The summed E-state index contributed by atoms with van der Waals surface area (Å²) in [7, 11) is 0. The third-order valence-electron chi connectivity index (χ3n) is 1.81. The van der Waals surface area contributed by atoms with Gasteiger partial charge in [-0.15, -0.1) is 0 Å². The molecule has 0 aliphatic carbocycles. The molecule has 0 aromatic heterocycles. The van der Waals surface area contributed by atoms with Gasteiger partial charge in [0, 0.05) is 19.7 Å². The van der Waals surface area contributed by atoms with E-state index in [2.05, 4.69) is 17.6 Å². The maximum atomic E-state index is 12.3. The molecule has 0 N–H and O–H groups in total. The van der Waals surface area contributed by atoms with E-state index in [9.17, 15) is 13.2 Å². The average Bonchev–Trinajstić information content (AvgIpc) is 1.81. The number of halogens is 3. The Balaban J connectivity index is 2.63. The Bertz CT molecular complexity index is 161. The maximum Gasteiger partial charge on any atom is 0.420 e. The molecule has 72 valence electrons. The SMILES string of the molecule is CCOC1(C(F)(F)F)CN(S)C1. The Kier molecular flexibility index (Phi) is 2.60. The summed E-state index contributed by atoms with van der Waals surface area (Å²) in [5.41, 5.74) is -1.97. The second kappa shape index (κ2) is 3.08. The molecule has 1 aliphatic heterocycles. The van der Waals surface area contributed by atoms with Gasteiger partial charge in [-0.2, -0.15) is 13.2 Å². The van der Waals surface area contributed by atoms with Gasteiger partial charge in [-0.25, -0.2) is 4.31 Å². The fourth-order valence-electron chi connectivity index (χ4n) is 1.17. The highest BCUT2D eigenvalue weighted by Gasteiger charge is 2.62. The second-order valence-electron chi connectivity index (χ2n) is 2.75. The van der Waals surface area contributed by atoms with Gasteiger partial charge in [-0.05, 0) is 6.92 Å². The second-order valence-corrected chi connectivity index (χ2v) is 3.31. The van der Waals surface area contributed by atoms with Gasteiger partial charge in [0.2, 0.25) is 0 Å². The quantitative estimate of drug-likeness (QED) is 0.679. The lowest BCUT2D eigenvalue weighted by Crippen LogP contribution is -2.67. The van der Waals surface area contributed by atoms with Gasteiger partial charge >= 0.3 is 6.18 Å². The molecular formula is C6H10F3NOS. The van der Waals surface area contributed by atoms with Gasteiger partial charge in [-0.3, -0.25) is 0 Å². The maximum absolute atomic E-state index is 12.3. The number of nitrogens with zero attached hydrogens (tertiary/aromatic N) is 1. The Morgan fingerprint density at radius 2 is 2.00 bits per heavy atom. The third-order valence-corrected chi connectivity index (χ3v) is 2.10. The molecule has 0 aromatic carbocycles. The van der Waals surface area contributed by atoms with E-state index in [-0.39, 0.29) is 19.7 Å². The van der Waals surface area contributed by atoms with E-state index in [0.29, 0.717) is 0 Å². The van der Waals surface area contributed by atoms with Gasteiger partial charge in [0.1, 0.15) is 0 Å². The predicted molar refractivity (Wildman–Crippen MR) is 41.0 cm³/mol. The first kappa shape index (κ1) is 10.1. The molecule has 0 bridgehead atoms. The van der Waals surface area contributed by atoms with Crippen LogP contribution in [0.2, 0.25) is 0 Å². The molecule has 1 fully saturated rings. The first-order valence-corrected chi connectivity index (χ1v) is 3.96. The largest absolute Gasteiger partial charge is 0.420 e. The molecule has 1 rings (SSSR count). The molecule has 0 aromatic rings. The lowest BCUT2D eigenvalue weighted by atomic mass is 9.96. The Labute approximate surface area is 74.2 Å². The predicted octanol–water partition coefficient (Wildman–Crippen LogP) is 1.48. The highest BCUT2D eigenvalue weighted by molar-refractivity contribution is 7.77. The van der Waals surface area contributed by atoms with Gasteiger partial charge in [0.25, 0.3) is 0 Å². The molecule has 1 heterocycles. The van der Waals surface area contributed by atoms with Crippen LogP contribution in [0.1, 0.15) is 6.92 Å². The van der Waals surface area contributed by atoms with E-state index < -0.39 is 11.8 Å². The van der Waals surface area contributed by atoms with Crippen LogP contribution in [0, 0.1) is 0 Å². The van der Waals surface area contributed by atoms with Crippen LogP contribution < -0.4 is 0 Å². The van der Waals surface area contributed by atoms with Gasteiger partial charge in [-0.1, -0.05) is 12.8 Å². The van der Waals surface area contributed by atoms with Crippen molar-refractivity contribution < 1.29 is 17.9 Å². The van der Waals surface area contributed by atoms with Crippen LogP contribution >= 0.6 is 12.8 Å². The Hall–Kier alpha value is 0.0600. The molecule has 0 amide bonds. The van der Waals surface area contributed by atoms with Crippen molar-refractivity contribution in [3.63, 3.8) is 0 Å². The van der Waals surface area contributed by atoms with E-state index in [1.54, 1.807) is 6.92 Å². The monoisotopic (exact) mass is 201 g/mol. The van der Waals surface area contributed by atoms with E-state index in [1.165, 1.54) is 4.31 Å². The minimum atomic E-state index is -4.29. The van der Waals surface area contributed by atoms with Crippen molar-refractivity contribution >= 4 is 12.8 Å². The van der Waals surface area contributed by atoms with Gasteiger partial charge in [0.05, 0.1) is 0 Å². The van der Waals surface area contributed by atoms with Gasteiger partial charge in [0.15, 0.2) is 5.60 Å². The van der Waals surface area contributed by atoms with Crippen molar-refractivity contribution in [3.8, 4) is 0 Å². The molecule has 1 saturated heterocycles. The topological polar surface area (TPSA) is 12.5 Å². The fraction of sp³-hybridized carbons (Fsp3) is 1.00. The first-order valence-electron chi connectivity index (χ1n) is 3.56. The number of hydrogen-bond donors (Lipinski definition) is 1.